The molecule has 2 fully saturated rings. The summed E-state index contributed by atoms with van der Waals surface area (Å²) < 4.78 is 6.12. The van der Waals surface area contributed by atoms with Gasteiger partial charge in [0.25, 0.3) is 0 Å². The van der Waals surface area contributed by atoms with Crippen molar-refractivity contribution >= 4 is 0 Å². The number of allylic oxidation sites excluding steroid dienone is 4. The summed E-state index contributed by atoms with van der Waals surface area (Å²) in [5, 5.41) is 31.3. The van der Waals surface area contributed by atoms with Crippen molar-refractivity contribution in [2.75, 3.05) is 6.61 Å². The Kier molecular flexibility index (Phi) is 5.85. The summed E-state index contributed by atoms with van der Waals surface area (Å²) in [6, 6.07) is 0. The molecule has 4 aliphatic rings. The van der Waals surface area contributed by atoms with Crippen molar-refractivity contribution < 1.29 is 20.1 Å². The van der Waals surface area contributed by atoms with Gasteiger partial charge in [-0.3, -0.25) is 0 Å². The highest BCUT2D eigenvalue weighted by molar-refractivity contribution is 5.43. The Hall–Kier alpha value is -0.940. The van der Waals surface area contributed by atoms with Crippen LogP contribution in [0.4, 0.5) is 0 Å². The molecule has 4 rings (SSSR count). The number of aliphatic hydroxyl groups is 3. The van der Waals surface area contributed by atoms with E-state index in [2.05, 4.69) is 39.0 Å². The summed E-state index contributed by atoms with van der Waals surface area (Å²) in [5.74, 6) is 0.994. The van der Waals surface area contributed by atoms with Crippen LogP contribution in [0.2, 0.25) is 0 Å². The van der Waals surface area contributed by atoms with Gasteiger partial charge in [0.15, 0.2) is 0 Å². The SMILES string of the molecule is CC(OC[C@H](O)C(C)C)C1=CC[C@H]2C3=CC=C4CC(O)CC(O)[C@]4(C)[C@H]3CC[C@]12C. The summed E-state index contributed by atoms with van der Waals surface area (Å²) in [4.78, 5) is 0. The van der Waals surface area contributed by atoms with Crippen LogP contribution in [0.3, 0.4) is 0 Å². The van der Waals surface area contributed by atoms with Crippen molar-refractivity contribution in [2.24, 2.45) is 28.6 Å². The van der Waals surface area contributed by atoms with Crippen molar-refractivity contribution in [1.29, 1.82) is 0 Å². The lowest BCUT2D eigenvalue weighted by Gasteiger charge is -2.56. The highest BCUT2D eigenvalue weighted by Gasteiger charge is 2.57. The first-order chi connectivity index (χ1) is 14.1. The van der Waals surface area contributed by atoms with E-state index in [4.69, 9.17) is 4.74 Å². The summed E-state index contributed by atoms with van der Waals surface area (Å²) in [6.45, 7) is 11.1. The van der Waals surface area contributed by atoms with Crippen molar-refractivity contribution in [3.05, 3.63) is 34.9 Å². The standard InChI is InChI=1S/C26H40O4/c1-15(2)23(28)14-30-16(3)20-8-9-21-19-7-6-17-12-18(27)13-24(29)26(17,5)22(19)10-11-25(20,21)4/h6-8,15-16,18,21-24,27-29H,9-14H2,1-5H3/t16?,18?,21-,22-,23-,24?,25+,26-/m0/s1. The van der Waals surface area contributed by atoms with E-state index < -0.39 is 18.3 Å². The van der Waals surface area contributed by atoms with Gasteiger partial charge in [-0.1, -0.05) is 57.1 Å². The van der Waals surface area contributed by atoms with Crippen molar-refractivity contribution in [2.45, 2.75) is 91.1 Å². The summed E-state index contributed by atoms with van der Waals surface area (Å²) in [6.07, 6.45) is 9.86. The van der Waals surface area contributed by atoms with Crippen molar-refractivity contribution in [3.8, 4) is 0 Å². The maximum absolute atomic E-state index is 11.0. The first-order valence-corrected chi connectivity index (χ1v) is 11.9. The second-order valence-corrected chi connectivity index (χ2v) is 11.0. The minimum absolute atomic E-state index is 0.00579. The van der Waals surface area contributed by atoms with E-state index in [9.17, 15) is 15.3 Å². The second kappa shape index (κ2) is 7.88. The fourth-order valence-corrected chi connectivity index (χ4v) is 6.82. The molecular formula is C26H40O4. The summed E-state index contributed by atoms with van der Waals surface area (Å²) in [7, 11) is 0. The molecule has 0 bridgehead atoms. The smallest absolute Gasteiger partial charge is 0.0796 e. The van der Waals surface area contributed by atoms with E-state index in [0.717, 1.165) is 19.3 Å². The maximum Gasteiger partial charge on any atom is 0.0796 e. The third kappa shape index (κ3) is 3.35. The van der Waals surface area contributed by atoms with Gasteiger partial charge in [-0.05, 0) is 61.3 Å². The highest BCUT2D eigenvalue weighted by Crippen LogP contribution is 2.64. The molecule has 2 saturated carbocycles. The molecule has 0 aromatic heterocycles. The quantitative estimate of drug-likeness (QED) is 0.589. The lowest BCUT2D eigenvalue weighted by Crippen LogP contribution is -2.52. The molecule has 0 radical (unpaired) electrons. The van der Waals surface area contributed by atoms with Gasteiger partial charge in [0, 0.05) is 11.8 Å². The second-order valence-electron chi connectivity index (χ2n) is 11.0. The predicted octanol–water partition coefficient (Wildman–Crippen LogP) is 4.16. The molecule has 0 aliphatic heterocycles. The third-order valence-corrected chi connectivity index (χ3v) is 9.02. The van der Waals surface area contributed by atoms with Crippen LogP contribution in [0.5, 0.6) is 0 Å². The van der Waals surface area contributed by atoms with Gasteiger partial charge >= 0.3 is 0 Å². The zero-order valence-electron chi connectivity index (χ0n) is 19.3. The molecule has 0 saturated heterocycles. The molecule has 0 amide bonds. The van der Waals surface area contributed by atoms with Crippen LogP contribution >= 0.6 is 0 Å². The van der Waals surface area contributed by atoms with E-state index in [1.807, 2.05) is 13.8 Å². The lowest BCUT2D eigenvalue weighted by molar-refractivity contribution is -0.0514. The van der Waals surface area contributed by atoms with Crippen LogP contribution in [0.25, 0.3) is 0 Å². The van der Waals surface area contributed by atoms with Gasteiger partial charge in [0.05, 0.1) is 31.0 Å². The van der Waals surface area contributed by atoms with Crippen LogP contribution < -0.4 is 0 Å². The zero-order chi connectivity index (χ0) is 21.8. The number of ether oxygens (including phenoxy) is 1. The predicted molar refractivity (Wildman–Crippen MR) is 119 cm³/mol. The van der Waals surface area contributed by atoms with E-state index in [1.165, 1.54) is 16.7 Å². The van der Waals surface area contributed by atoms with Gasteiger partial charge in [-0.25, -0.2) is 0 Å². The van der Waals surface area contributed by atoms with E-state index >= 15 is 0 Å². The highest BCUT2D eigenvalue weighted by atomic mass is 16.5. The normalized spacial score (nSPS) is 42.5. The molecule has 3 unspecified atom stereocenters. The van der Waals surface area contributed by atoms with Gasteiger partial charge in [0.2, 0.25) is 0 Å². The first-order valence-electron chi connectivity index (χ1n) is 11.9. The minimum atomic E-state index is -0.487. The summed E-state index contributed by atoms with van der Waals surface area (Å²) >= 11 is 0. The average molecular weight is 417 g/mol. The number of hydrogen-bond donors (Lipinski definition) is 3. The molecule has 8 atom stereocenters. The van der Waals surface area contributed by atoms with Crippen LogP contribution in [0, 0.1) is 28.6 Å². The van der Waals surface area contributed by atoms with E-state index in [0.29, 0.717) is 31.3 Å². The Morgan fingerprint density at radius 3 is 2.57 bits per heavy atom. The summed E-state index contributed by atoms with van der Waals surface area (Å²) in [5.41, 5.74) is 3.90. The molecule has 4 nitrogen and oxygen atoms in total. The van der Waals surface area contributed by atoms with Gasteiger partial charge < -0.3 is 20.1 Å². The zero-order valence-corrected chi connectivity index (χ0v) is 19.3. The third-order valence-electron chi connectivity index (χ3n) is 9.02. The van der Waals surface area contributed by atoms with Gasteiger partial charge in [-0.2, -0.15) is 0 Å². The first kappa shape index (κ1) is 22.3. The minimum Gasteiger partial charge on any atom is -0.393 e. The Balaban J connectivity index is 1.56. The molecule has 0 aromatic rings. The molecule has 3 N–H and O–H groups in total. The van der Waals surface area contributed by atoms with Crippen LogP contribution in [0.1, 0.15) is 66.7 Å². The molecule has 0 heterocycles. The monoisotopic (exact) mass is 416 g/mol. The molecule has 30 heavy (non-hydrogen) atoms. The van der Waals surface area contributed by atoms with E-state index in [-0.39, 0.29) is 22.9 Å². The largest absolute Gasteiger partial charge is 0.393 e. The number of rotatable bonds is 5. The topological polar surface area (TPSA) is 69.9 Å². The number of fused-ring (bicyclic) bond motifs is 5. The van der Waals surface area contributed by atoms with Gasteiger partial charge in [-0.15, -0.1) is 0 Å². The average Bonchev–Trinajstić information content (AvgIpc) is 3.04. The number of aliphatic hydroxyl groups excluding tert-OH is 3. The van der Waals surface area contributed by atoms with Crippen LogP contribution in [-0.2, 0) is 4.74 Å². The lowest BCUT2D eigenvalue weighted by atomic mass is 9.49. The Bertz CT molecular complexity index is 765. The molecule has 0 spiro atoms. The van der Waals surface area contributed by atoms with E-state index in [1.54, 1.807) is 0 Å². The molecule has 4 heteroatoms. The fraction of sp³-hybridized carbons (Fsp3) is 0.769. The molecular weight excluding hydrogens is 376 g/mol. The Morgan fingerprint density at radius 2 is 1.87 bits per heavy atom. The van der Waals surface area contributed by atoms with Crippen molar-refractivity contribution in [1.82, 2.24) is 0 Å². The Labute approximate surface area is 181 Å². The van der Waals surface area contributed by atoms with Crippen LogP contribution in [-0.4, -0.2) is 46.3 Å². The fourth-order valence-electron chi connectivity index (χ4n) is 6.82. The Morgan fingerprint density at radius 1 is 1.13 bits per heavy atom. The van der Waals surface area contributed by atoms with Gasteiger partial charge in [0.1, 0.15) is 0 Å². The molecule has 0 aromatic carbocycles. The molecule has 4 aliphatic carbocycles. The van der Waals surface area contributed by atoms with Crippen LogP contribution in [0.15, 0.2) is 34.9 Å². The number of hydrogen-bond acceptors (Lipinski definition) is 4. The maximum atomic E-state index is 11.0. The van der Waals surface area contributed by atoms with Crippen molar-refractivity contribution in [3.63, 3.8) is 0 Å². The molecule has 168 valence electrons.